The van der Waals surface area contributed by atoms with Crippen molar-refractivity contribution in [2.45, 2.75) is 6.92 Å². The smallest absolute Gasteiger partial charge is 0.394 e. The van der Waals surface area contributed by atoms with Crippen LogP contribution in [0.1, 0.15) is 6.92 Å². The molecule has 0 rings (SSSR count). The summed E-state index contributed by atoms with van der Waals surface area (Å²) in [5, 5.41) is 12.4. The molecule has 0 fully saturated rings. The molecule has 0 aliphatic carbocycles. The molecule has 68 valence electrons. The van der Waals surface area contributed by atoms with E-state index in [4.69, 9.17) is 5.11 Å². The van der Waals surface area contributed by atoms with E-state index < -0.39 is 17.8 Å². The predicted octanol–water partition coefficient (Wildman–Crippen LogP) is -1.68. The van der Waals surface area contributed by atoms with Gasteiger partial charge in [0.1, 0.15) is 0 Å². The number of aliphatic carboxylic acids is 1. The molecule has 6 heteroatoms. The first-order valence-corrected chi connectivity index (χ1v) is 3.35. The van der Waals surface area contributed by atoms with Crippen LogP contribution in [0.3, 0.4) is 0 Å². The molecular weight excluding hydrogens is 164 g/mol. The van der Waals surface area contributed by atoms with Crippen molar-refractivity contribution in [1.82, 2.24) is 10.6 Å². The molecule has 0 aliphatic rings. The van der Waals surface area contributed by atoms with Gasteiger partial charge >= 0.3 is 11.9 Å². The second-order valence-electron chi connectivity index (χ2n) is 1.94. The van der Waals surface area contributed by atoms with Crippen molar-refractivity contribution >= 4 is 17.8 Å². The molecule has 0 aromatic heterocycles. The summed E-state index contributed by atoms with van der Waals surface area (Å²) in [5.74, 6) is -3.19. The lowest BCUT2D eigenvalue weighted by atomic mass is 10.5. The lowest BCUT2D eigenvalue weighted by Gasteiger charge is -2.01. The molecule has 2 amide bonds. The van der Waals surface area contributed by atoms with Crippen molar-refractivity contribution in [3.05, 3.63) is 0 Å². The molecule has 0 aliphatic heterocycles. The van der Waals surface area contributed by atoms with E-state index in [-0.39, 0.29) is 6.54 Å². The van der Waals surface area contributed by atoms with Gasteiger partial charge < -0.3 is 15.7 Å². The first-order valence-electron chi connectivity index (χ1n) is 3.35. The van der Waals surface area contributed by atoms with Gasteiger partial charge in [-0.1, -0.05) is 0 Å². The Morgan fingerprint density at radius 2 is 1.83 bits per heavy atom. The minimum atomic E-state index is -1.60. The molecule has 0 heterocycles. The van der Waals surface area contributed by atoms with Crippen molar-refractivity contribution in [1.29, 1.82) is 0 Å². The van der Waals surface area contributed by atoms with Gasteiger partial charge in [-0.15, -0.1) is 0 Å². The summed E-state index contributed by atoms with van der Waals surface area (Å²) in [5.41, 5.74) is 0. The summed E-state index contributed by atoms with van der Waals surface area (Å²) in [4.78, 5) is 30.9. The van der Waals surface area contributed by atoms with Gasteiger partial charge in [-0.2, -0.15) is 0 Å². The molecule has 0 aromatic rings. The van der Waals surface area contributed by atoms with Crippen LogP contribution in [-0.2, 0) is 14.4 Å². The van der Waals surface area contributed by atoms with Crippen LogP contribution in [0.25, 0.3) is 0 Å². The maximum absolute atomic E-state index is 10.7. The largest absolute Gasteiger partial charge is 0.474 e. The third kappa shape index (κ3) is 4.26. The Kier molecular flexibility index (Phi) is 4.43. The van der Waals surface area contributed by atoms with E-state index in [1.54, 1.807) is 6.92 Å². The zero-order chi connectivity index (χ0) is 9.56. The Balaban J connectivity index is 3.61. The Bertz CT molecular complexity index is 202. The predicted molar refractivity (Wildman–Crippen MR) is 39.3 cm³/mol. The highest BCUT2D eigenvalue weighted by Gasteiger charge is 2.11. The summed E-state index contributed by atoms with van der Waals surface area (Å²) in [6, 6.07) is 0. The number of carbonyl (C=O) groups excluding carboxylic acids is 2. The van der Waals surface area contributed by atoms with Crippen LogP contribution in [-0.4, -0.2) is 36.0 Å². The minimum absolute atomic E-state index is 0.307. The SMILES string of the molecule is CCNC(=O)CNC(=O)C(=O)O. The summed E-state index contributed by atoms with van der Waals surface area (Å²) < 4.78 is 0. The molecule has 12 heavy (non-hydrogen) atoms. The Labute approximate surface area is 68.9 Å². The van der Waals surface area contributed by atoms with Gasteiger partial charge in [0.2, 0.25) is 5.91 Å². The number of rotatable bonds is 3. The van der Waals surface area contributed by atoms with Crippen LogP contribution in [0.4, 0.5) is 0 Å². The van der Waals surface area contributed by atoms with Crippen LogP contribution in [0, 0.1) is 0 Å². The van der Waals surface area contributed by atoms with Crippen molar-refractivity contribution in [3.8, 4) is 0 Å². The van der Waals surface area contributed by atoms with Crippen molar-refractivity contribution in [2.24, 2.45) is 0 Å². The van der Waals surface area contributed by atoms with Crippen molar-refractivity contribution in [3.63, 3.8) is 0 Å². The van der Waals surface area contributed by atoms with Gasteiger partial charge in [0.15, 0.2) is 0 Å². The molecule has 0 saturated heterocycles. The maximum atomic E-state index is 10.7. The third-order valence-corrected chi connectivity index (χ3v) is 0.978. The molecule has 0 spiro atoms. The maximum Gasteiger partial charge on any atom is 0.394 e. The fourth-order valence-corrected chi connectivity index (χ4v) is 0.496. The molecule has 0 radical (unpaired) electrons. The van der Waals surface area contributed by atoms with E-state index in [0.29, 0.717) is 6.54 Å². The minimum Gasteiger partial charge on any atom is -0.474 e. The third-order valence-electron chi connectivity index (χ3n) is 0.978. The van der Waals surface area contributed by atoms with Crippen molar-refractivity contribution in [2.75, 3.05) is 13.1 Å². The van der Waals surface area contributed by atoms with Crippen LogP contribution in [0.5, 0.6) is 0 Å². The van der Waals surface area contributed by atoms with Gasteiger partial charge in [0.05, 0.1) is 6.54 Å². The average Bonchev–Trinajstić information content (AvgIpc) is 2.00. The van der Waals surface area contributed by atoms with E-state index in [2.05, 4.69) is 5.32 Å². The van der Waals surface area contributed by atoms with Gasteiger partial charge in [-0.25, -0.2) is 4.79 Å². The molecule has 0 bridgehead atoms. The van der Waals surface area contributed by atoms with Crippen LogP contribution in [0.15, 0.2) is 0 Å². The molecule has 3 N–H and O–H groups in total. The zero-order valence-electron chi connectivity index (χ0n) is 6.59. The quantitative estimate of drug-likeness (QED) is 0.445. The number of nitrogens with one attached hydrogen (secondary N) is 2. The Morgan fingerprint density at radius 3 is 2.25 bits per heavy atom. The Morgan fingerprint density at radius 1 is 1.25 bits per heavy atom. The van der Waals surface area contributed by atoms with Crippen LogP contribution >= 0.6 is 0 Å². The number of carbonyl (C=O) groups is 3. The second kappa shape index (κ2) is 5.11. The summed E-state index contributed by atoms with van der Waals surface area (Å²) >= 11 is 0. The molecule has 0 aromatic carbocycles. The van der Waals surface area contributed by atoms with Crippen molar-refractivity contribution < 1.29 is 19.5 Å². The molecule has 0 unspecified atom stereocenters. The fourth-order valence-electron chi connectivity index (χ4n) is 0.496. The number of amides is 2. The zero-order valence-corrected chi connectivity index (χ0v) is 6.59. The standard InChI is InChI=1S/C6H10N2O4/c1-2-7-4(9)3-8-5(10)6(11)12/h2-3H2,1H3,(H,7,9)(H,8,10)(H,11,12). The first-order chi connectivity index (χ1) is 5.57. The highest BCUT2D eigenvalue weighted by Crippen LogP contribution is 1.67. The first kappa shape index (κ1) is 10.4. The lowest BCUT2D eigenvalue weighted by Crippen LogP contribution is -2.39. The molecular formula is C6H10N2O4. The molecule has 0 atom stereocenters. The number of carboxylic acids is 1. The van der Waals surface area contributed by atoms with Gasteiger partial charge in [-0.05, 0) is 6.92 Å². The van der Waals surface area contributed by atoms with E-state index in [1.165, 1.54) is 0 Å². The Hall–Kier alpha value is -1.59. The van der Waals surface area contributed by atoms with Gasteiger partial charge in [0.25, 0.3) is 0 Å². The van der Waals surface area contributed by atoms with Gasteiger partial charge in [0, 0.05) is 6.54 Å². The van der Waals surface area contributed by atoms with Gasteiger partial charge in [-0.3, -0.25) is 9.59 Å². The number of likely N-dealkylation sites (N-methyl/N-ethyl adjacent to an activating group) is 1. The van der Waals surface area contributed by atoms with Crippen LogP contribution < -0.4 is 10.6 Å². The fraction of sp³-hybridized carbons (Fsp3) is 0.500. The second-order valence-corrected chi connectivity index (χ2v) is 1.94. The molecule has 0 saturated carbocycles. The van der Waals surface area contributed by atoms with Crippen LogP contribution in [0.2, 0.25) is 0 Å². The average molecular weight is 174 g/mol. The number of carboxylic acid groups (broad SMARTS) is 1. The number of hydrogen-bond acceptors (Lipinski definition) is 3. The topological polar surface area (TPSA) is 95.5 Å². The molecule has 6 nitrogen and oxygen atoms in total. The summed E-state index contributed by atoms with van der Waals surface area (Å²) in [6.45, 7) is 1.86. The van der Waals surface area contributed by atoms with E-state index in [0.717, 1.165) is 0 Å². The van der Waals surface area contributed by atoms with E-state index in [1.807, 2.05) is 5.32 Å². The highest BCUT2D eigenvalue weighted by atomic mass is 16.4. The highest BCUT2D eigenvalue weighted by molar-refractivity contribution is 6.31. The normalized spacial score (nSPS) is 8.75. The summed E-state index contributed by atoms with van der Waals surface area (Å²) in [6.07, 6.45) is 0. The lowest BCUT2D eigenvalue weighted by molar-refractivity contribution is -0.150. The monoisotopic (exact) mass is 174 g/mol. The summed E-state index contributed by atoms with van der Waals surface area (Å²) in [7, 11) is 0. The van der Waals surface area contributed by atoms with E-state index in [9.17, 15) is 14.4 Å². The van der Waals surface area contributed by atoms with E-state index >= 15 is 0 Å². The number of hydrogen-bond donors (Lipinski definition) is 3.